The molecule has 0 heterocycles. The van der Waals surface area contributed by atoms with Crippen molar-refractivity contribution >= 4 is 23.4 Å². The fourth-order valence-corrected chi connectivity index (χ4v) is 1.28. The second kappa shape index (κ2) is 6.42. The molecule has 1 rings (SSSR count). The molecule has 0 atom stereocenters. The lowest BCUT2D eigenvalue weighted by Gasteiger charge is -2.00. The van der Waals surface area contributed by atoms with Crippen molar-refractivity contribution in [1.82, 2.24) is 0 Å². The van der Waals surface area contributed by atoms with Crippen LogP contribution >= 0.6 is 0 Å². The Kier molecular flexibility index (Phi) is 5.94. The average Bonchev–Trinajstić information content (AvgIpc) is 2.04. The van der Waals surface area contributed by atoms with Crippen LogP contribution in [-0.4, -0.2) is 32.4 Å². The molecular weight excluding hydrogens is 205 g/mol. The molecule has 14 heavy (non-hydrogen) atoms. The van der Waals surface area contributed by atoms with Gasteiger partial charge in [0.2, 0.25) is 10.0 Å². The highest BCUT2D eigenvalue weighted by Crippen LogP contribution is 2.05. The first-order valence-electron chi connectivity index (χ1n) is 3.62. The van der Waals surface area contributed by atoms with Gasteiger partial charge in [-0.1, -0.05) is 18.2 Å². The highest BCUT2D eigenvalue weighted by atomic mass is 32.2. The summed E-state index contributed by atoms with van der Waals surface area (Å²) in [5.41, 5.74) is 0.593. The van der Waals surface area contributed by atoms with E-state index in [1.54, 1.807) is 24.3 Å². The third-order valence-electron chi connectivity index (χ3n) is 1.08. The average molecular weight is 216 g/mol. The van der Waals surface area contributed by atoms with E-state index in [4.69, 9.17) is 10.0 Å². The van der Waals surface area contributed by atoms with Crippen molar-refractivity contribution in [3.05, 3.63) is 30.3 Å². The van der Waals surface area contributed by atoms with Crippen LogP contribution in [-0.2, 0) is 10.0 Å². The molecule has 0 bridgehead atoms. The molecule has 5 nitrogen and oxygen atoms in total. The largest absolute Gasteiger partial charge is 0.482 e. The number of benzene rings is 1. The second-order valence-corrected chi connectivity index (χ2v) is 4.10. The number of hydrogen-bond donors (Lipinski definition) is 3. The van der Waals surface area contributed by atoms with E-state index in [0.29, 0.717) is 5.69 Å². The fraction of sp³-hybridized carbons (Fsp3) is 0.143. The van der Waals surface area contributed by atoms with Crippen molar-refractivity contribution in [2.24, 2.45) is 0 Å². The lowest BCUT2D eigenvalue weighted by Crippen LogP contribution is -2.08. The Morgan fingerprint density at radius 3 is 2.00 bits per heavy atom. The first-order chi connectivity index (χ1) is 6.49. The van der Waals surface area contributed by atoms with Gasteiger partial charge in [0.1, 0.15) is 0 Å². The van der Waals surface area contributed by atoms with E-state index in [9.17, 15) is 8.42 Å². The van der Waals surface area contributed by atoms with Gasteiger partial charge >= 0.3 is 7.69 Å². The highest BCUT2D eigenvalue weighted by Gasteiger charge is 1.98. The van der Waals surface area contributed by atoms with Crippen LogP contribution in [0.1, 0.15) is 0 Å². The number of nitrogens with one attached hydrogen (secondary N) is 1. The standard InChI is InChI=1S/C7H9NO2S.BH2O2/c1-11(9,10)8-7-5-3-2-4-6-7;2-1-3/h2-6,8H,1H3;2-3H. The van der Waals surface area contributed by atoms with Crippen LogP contribution in [0.25, 0.3) is 0 Å². The number of sulfonamides is 1. The Hall–Kier alpha value is -1.05. The van der Waals surface area contributed by atoms with Crippen LogP contribution in [0.2, 0.25) is 0 Å². The molecule has 0 aromatic heterocycles. The minimum atomic E-state index is -3.13. The molecule has 0 amide bonds. The van der Waals surface area contributed by atoms with Crippen LogP contribution in [0.3, 0.4) is 0 Å². The molecule has 1 aromatic rings. The molecule has 3 N–H and O–H groups in total. The molecule has 77 valence electrons. The van der Waals surface area contributed by atoms with E-state index >= 15 is 0 Å². The van der Waals surface area contributed by atoms with Gasteiger partial charge < -0.3 is 10.0 Å². The maximum absolute atomic E-state index is 10.7. The molecular formula is C7H11BNO4S. The fourth-order valence-electron chi connectivity index (χ4n) is 0.720. The Labute approximate surface area is 83.8 Å². The van der Waals surface area contributed by atoms with Crippen LogP contribution in [0.5, 0.6) is 0 Å². The van der Waals surface area contributed by atoms with Gasteiger partial charge in [0.15, 0.2) is 0 Å². The summed E-state index contributed by atoms with van der Waals surface area (Å²) >= 11 is 0. The molecule has 0 aliphatic carbocycles. The molecule has 0 saturated carbocycles. The molecule has 0 saturated heterocycles. The van der Waals surface area contributed by atoms with Gasteiger partial charge in [-0.3, -0.25) is 4.72 Å². The molecule has 0 aliphatic heterocycles. The van der Waals surface area contributed by atoms with E-state index in [-0.39, 0.29) is 7.69 Å². The molecule has 1 radical (unpaired) electrons. The molecule has 0 spiro atoms. The topological polar surface area (TPSA) is 86.6 Å². The molecule has 0 fully saturated rings. The maximum Gasteiger partial charge on any atom is 0.482 e. The second-order valence-electron chi connectivity index (χ2n) is 2.36. The van der Waals surface area contributed by atoms with Gasteiger partial charge in [0.25, 0.3) is 0 Å². The van der Waals surface area contributed by atoms with Crippen molar-refractivity contribution < 1.29 is 18.5 Å². The van der Waals surface area contributed by atoms with Crippen LogP contribution in [0.15, 0.2) is 30.3 Å². The first-order valence-corrected chi connectivity index (χ1v) is 5.51. The van der Waals surface area contributed by atoms with E-state index < -0.39 is 10.0 Å². The van der Waals surface area contributed by atoms with Crippen LogP contribution < -0.4 is 4.72 Å². The lowest BCUT2D eigenvalue weighted by atomic mass is 10.3. The number of hydrogen-bond acceptors (Lipinski definition) is 4. The van der Waals surface area contributed by atoms with Crippen molar-refractivity contribution in [2.75, 3.05) is 11.0 Å². The summed E-state index contributed by atoms with van der Waals surface area (Å²) in [6.45, 7) is 0. The summed E-state index contributed by atoms with van der Waals surface area (Å²) in [5.74, 6) is 0. The Morgan fingerprint density at radius 1 is 1.21 bits per heavy atom. The maximum atomic E-state index is 10.7. The van der Waals surface area contributed by atoms with Gasteiger partial charge in [0, 0.05) is 5.69 Å². The minimum absolute atomic E-state index is 0. The van der Waals surface area contributed by atoms with Gasteiger partial charge in [0.05, 0.1) is 6.26 Å². The van der Waals surface area contributed by atoms with Crippen LogP contribution in [0, 0.1) is 0 Å². The van der Waals surface area contributed by atoms with Gasteiger partial charge in [-0.05, 0) is 12.1 Å². The third kappa shape index (κ3) is 7.60. The summed E-state index contributed by atoms with van der Waals surface area (Å²) < 4.78 is 23.7. The lowest BCUT2D eigenvalue weighted by molar-refractivity contribution is 0.448. The molecule has 0 unspecified atom stereocenters. The smallest absolute Gasteiger partial charge is 0.429 e. The van der Waals surface area contributed by atoms with Gasteiger partial charge in [-0.25, -0.2) is 8.42 Å². The van der Waals surface area contributed by atoms with E-state index in [1.807, 2.05) is 6.07 Å². The normalized spacial score (nSPS) is 9.64. The van der Waals surface area contributed by atoms with Gasteiger partial charge in [-0.2, -0.15) is 0 Å². The molecule has 0 aliphatic rings. The first kappa shape index (κ1) is 13.0. The zero-order valence-corrected chi connectivity index (χ0v) is 8.40. The zero-order chi connectivity index (χ0) is 11.0. The number of anilines is 1. The summed E-state index contributed by atoms with van der Waals surface area (Å²) in [7, 11) is -3.13. The SMILES string of the molecule is CS(=O)(=O)Nc1ccccc1.O[B]O. The van der Waals surface area contributed by atoms with E-state index in [2.05, 4.69) is 4.72 Å². The highest BCUT2D eigenvalue weighted by molar-refractivity contribution is 7.92. The van der Waals surface area contributed by atoms with E-state index in [1.165, 1.54) is 0 Å². The predicted molar refractivity (Wildman–Crippen MR) is 55.1 cm³/mol. The third-order valence-corrected chi connectivity index (χ3v) is 1.68. The van der Waals surface area contributed by atoms with Crippen molar-refractivity contribution in [3.8, 4) is 0 Å². The Balaban J connectivity index is 0.000000500. The quantitative estimate of drug-likeness (QED) is 0.585. The predicted octanol–water partition coefficient (Wildman–Crippen LogP) is -0.437. The van der Waals surface area contributed by atoms with Crippen LogP contribution in [0.4, 0.5) is 5.69 Å². The number of para-hydroxylation sites is 1. The number of rotatable bonds is 2. The zero-order valence-electron chi connectivity index (χ0n) is 7.58. The monoisotopic (exact) mass is 216 g/mol. The van der Waals surface area contributed by atoms with E-state index in [0.717, 1.165) is 6.26 Å². The Morgan fingerprint density at radius 2 is 1.64 bits per heavy atom. The van der Waals surface area contributed by atoms with Crippen molar-refractivity contribution in [3.63, 3.8) is 0 Å². The molecule has 1 aromatic carbocycles. The Bertz CT molecular complexity index is 340. The molecule has 7 heteroatoms. The van der Waals surface area contributed by atoms with Crippen molar-refractivity contribution in [1.29, 1.82) is 0 Å². The summed E-state index contributed by atoms with van der Waals surface area (Å²) in [6, 6.07) is 8.76. The van der Waals surface area contributed by atoms with Gasteiger partial charge in [-0.15, -0.1) is 0 Å². The summed E-state index contributed by atoms with van der Waals surface area (Å²) in [4.78, 5) is 0. The minimum Gasteiger partial charge on any atom is -0.429 e. The summed E-state index contributed by atoms with van der Waals surface area (Å²) in [6.07, 6.45) is 1.12. The summed E-state index contributed by atoms with van der Waals surface area (Å²) in [5, 5.41) is 14.0. The van der Waals surface area contributed by atoms with Crippen molar-refractivity contribution in [2.45, 2.75) is 0 Å².